The normalized spacial score (nSPS) is 24.8. The first-order chi connectivity index (χ1) is 17.7. The van der Waals surface area contributed by atoms with Gasteiger partial charge in [0.2, 0.25) is 0 Å². The van der Waals surface area contributed by atoms with Gasteiger partial charge in [0.1, 0.15) is 24.4 Å². The number of aliphatic hydroxyl groups excluding tert-OH is 5. The van der Waals surface area contributed by atoms with Crippen molar-refractivity contribution in [3.05, 3.63) is 53.1 Å². The molecule has 7 N–H and O–H groups in total. The second-order valence-corrected chi connectivity index (χ2v) is 8.68. The second kappa shape index (κ2) is 13.1. The fourth-order valence-corrected chi connectivity index (χ4v) is 4.21. The van der Waals surface area contributed by atoms with E-state index in [2.05, 4.69) is 0 Å². The molecule has 37 heavy (non-hydrogen) atoms. The Kier molecular flexibility index (Phi) is 10.1. The Bertz CT molecular complexity index is 1060. The van der Waals surface area contributed by atoms with Crippen molar-refractivity contribution >= 4 is 6.08 Å². The van der Waals surface area contributed by atoms with E-state index >= 15 is 0 Å². The molecule has 1 aliphatic heterocycles. The molecule has 1 aliphatic rings. The van der Waals surface area contributed by atoms with Crippen molar-refractivity contribution < 1.29 is 54.7 Å². The minimum Gasteiger partial charge on any atom is -0.504 e. The van der Waals surface area contributed by atoms with Crippen molar-refractivity contribution in [2.75, 3.05) is 34.0 Å². The van der Waals surface area contributed by atoms with Crippen LogP contribution < -0.4 is 9.47 Å². The zero-order valence-electron chi connectivity index (χ0n) is 20.6. The van der Waals surface area contributed by atoms with Gasteiger partial charge in [-0.15, -0.1) is 0 Å². The predicted octanol–water partition coefficient (Wildman–Crippen LogP) is 0.263. The summed E-state index contributed by atoms with van der Waals surface area (Å²) in [5, 5.41) is 70.1. The summed E-state index contributed by atoms with van der Waals surface area (Å²) in [5.41, 5.74) is 1.79. The maximum absolute atomic E-state index is 11.0. The van der Waals surface area contributed by atoms with Crippen LogP contribution in [-0.2, 0) is 15.9 Å². The highest BCUT2D eigenvalue weighted by Gasteiger charge is 2.44. The van der Waals surface area contributed by atoms with Crippen molar-refractivity contribution in [1.29, 1.82) is 0 Å². The third kappa shape index (κ3) is 6.70. The Labute approximate surface area is 214 Å². The number of phenolic OH excluding ortho intramolecular Hbond substituents is 2. The van der Waals surface area contributed by atoms with E-state index < -0.39 is 43.2 Å². The van der Waals surface area contributed by atoms with Gasteiger partial charge in [-0.05, 0) is 41.8 Å². The fourth-order valence-electron chi connectivity index (χ4n) is 4.21. The van der Waals surface area contributed by atoms with E-state index in [1.54, 1.807) is 30.3 Å². The Balaban J connectivity index is 1.97. The molecule has 0 spiro atoms. The van der Waals surface area contributed by atoms with E-state index in [1.165, 1.54) is 26.4 Å². The molecule has 11 heteroatoms. The monoisotopic (exact) mass is 522 g/mol. The van der Waals surface area contributed by atoms with Crippen LogP contribution in [0.1, 0.15) is 22.6 Å². The minimum atomic E-state index is -1.60. The van der Waals surface area contributed by atoms with Gasteiger partial charge >= 0.3 is 0 Å². The maximum Gasteiger partial charge on any atom is 0.186 e. The van der Waals surface area contributed by atoms with Gasteiger partial charge in [0.25, 0.3) is 0 Å². The Morgan fingerprint density at radius 1 is 0.946 bits per heavy atom. The largest absolute Gasteiger partial charge is 0.504 e. The first-order valence-electron chi connectivity index (χ1n) is 11.7. The summed E-state index contributed by atoms with van der Waals surface area (Å²) in [7, 11) is 2.83. The average Bonchev–Trinajstić information content (AvgIpc) is 2.90. The molecular formula is C26H34O11. The SMILES string of the molecule is COc1cc(C[C@@H](CO[C@H]2O[C@@H](CO)[C@H](O)[C@@H](O)[C@@H]2O)c2cc(/C=C/CO)cc(OC)c2O)ccc1O. The summed E-state index contributed by atoms with van der Waals surface area (Å²) in [6, 6.07) is 8.10. The third-order valence-corrected chi connectivity index (χ3v) is 6.24. The molecule has 204 valence electrons. The Morgan fingerprint density at radius 3 is 2.32 bits per heavy atom. The van der Waals surface area contributed by atoms with Crippen molar-refractivity contribution in [2.24, 2.45) is 0 Å². The Morgan fingerprint density at radius 2 is 1.68 bits per heavy atom. The lowest BCUT2D eigenvalue weighted by atomic mass is 9.90. The highest BCUT2D eigenvalue weighted by atomic mass is 16.7. The lowest BCUT2D eigenvalue weighted by Gasteiger charge is -2.40. The summed E-state index contributed by atoms with van der Waals surface area (Å²) >= 11 is 0. The van der Waals surface area contributed by atoms with Crippen LogP contribution >= 0.6 is 0 Å². The third-order valence-electron chi connectivity index (χ3n) is 6.24. The number of ether oxygens (including phenoxy) is 4. The molecular weight excluding hydrogens is 488 g/mol. The quantitative estimate of drug-likeness (QED) is 0.215. The van der Waals surface area contributed by atoms with E-state index in [-0.39, 0.29) is 42.6 Å². The molecule has 1 fully saturated rings. The standard InChI is InChI=1S/C26H34O11/c1-34-19-10-15(5-6-18(19)29)8-16(13-36-26-25(33)24(32)23(31)21(12-28)37-26)17-9-14(4-3-7-27)11-20(35-2)22(17)30/h3-6,9-11,16,21,23-33H,7-8,12-13H2,1-2H3/b4-3+/t16-,21-,23-,24+,25-,26-/m0/s1. The second-order valence-electron chi connectivity index (χ2n) is 8.68. The van der Waals surface area contributed by atoms with E-state index in [9.17, 15) is 35.7 Å². The molecule has 1 heterocycles. The molecule has 1 saturated heterocycles. The van der Waals surface area contributed by atoms with Gasteiger partial charge in [-0.2, -0.15) is 0 Å². The number of aromatic hydroxyl groups is 2. The summed E-state index contributed by atoms with van der Waals surface area (Å²) in [6.45, 7) is -0.913. The lowest BCUT2D eigenvalue weighted by Crippen LogP contribution is -2.59. The Hall–Kier alpha value is -2.90. The number of phenols is 2. The highest BCUT2D eigenvalue weighted by molar-refractivity contribution is 5.60. The molecule has 0 aliphatic carbocycles. The van der Waals surface area contributed by atoms with E-state index in [1.807, 2.05) is 0 Å². The number of benzene rings is 2. The summed E-state index contributed by atoms with van der Waals surface area (Å²) < 4.78 is 21.8. The van der Waals surface area contributed by atoms with Crippen LogP contribution in [0.5, 0.6) is 23.0 Å². The van der Waals surface area contributed by atoms with Gasteiger partial charge < -0.3 is 54.7 Å². The van der Waals surface area contributed by atoms with Crippen molar-refractivity contribution in [3.63, 3.8) is 0 Å². The van der Waals surface area contributed by atoms with Crippen molar-refractivity contribution in [1.82, 2.24) is 0 Å². The minimum absolute atomic E-state index is 0.0407. The molecule has 0 amide bonds. The molecule has 3 rings (SSSR count). The molecule has 0 aromatic heterocycles. The van der Waals surface area contributed by atoms with Crippen LogP contribution in [-0.4, -0.2) is 100 Å². The molecule has 0 saturated carbocycles. The molecule has 11 nitrogen and oxygen atoms in total. The average molecular weight is 523 g/mol. The van der Waals surface area contributed by atoms with Crippen LogP contribution in [0.3, 0.4) is 0 Å². The molecule has 6 atom stereocenters. The van der Waals surface area contributed by atoms with Gasteiger partial charge in [-0.3, -0.25) is 0 Å². The lowest BCUT2D eigenvalue weighted by molar-refractivity contribution is -0.301. The highest BCUT2D eigenvalue weighted by Crippen LogP contribution is 2.39. The van der Waals surface area contributed by atoms with Gasteiger partial charge in [0.15, 0.2) is 29.3 Å². The number of methoxy groups -OCH3 is 2. The van der Waals surface area contributed by atoms with Crippen LogP contribution in [0, 0.1) is 0 Å². The number of aliphatic hydroxyl groups is 5. The molecule has 0 unspecified atom stereocenters. The van der Waals surface area contributed by atoms with Gasteiger partial charge in [-0.1, -0.05) is 18.2 Å². The zero-order chi connectivity index (χ0) is 27.1. The molecule has 2 aromatic carbocycles. The van der Waals surface area contributed by atoms with E-state index in [0.717, 1.165) is 5.56 Å². The van der Waals surface area contributed by atoms with E-state index in [4.69, 9.17) is 18.9 Å². The van der Waals surface area contributed by atoms with Gasteiger partial charge in [0, 0.05) is 11.5 Å². The number of rotatable bonds is 11. The first-order valence-corrected chi connectivity index (χ1v) is 11.7. The van der Waals surface area contributed by atoms with Gasteiger partial charge in [0.05, 0.1) is 34.0 Å². The summed E-state index contributed by atoms with van der Waals surface area (Å²) in [4.78, 5) is 0. The zero-order valence-corrected chi connectivity index (χ0v) is 20.6. The first kappa shape index (κ1) is 28.7. The number of hydrogen-bond donors (Lipinski definition) is 7. The van der Waals surface area contributed by atoms with Crippen molar-refractivity contribution in [3.8, 4) is 23.0 Å². The molecule has 0 bridgehead atoms. The van der Waals surface area contributed by atoms with Crippen LogP contribution in [0.2, 0.25) is 0 Å². The fraction of sp³-hybridized carbons (Fsp3) is 0.462. The number of hydrogen-bond acceptors (Lipinski definition) is 11. The van der Waals surface area contributed by atoms with Crippen molar-refractivity contribution in [2.45, 2.75) is 43.0 Å². The molecule has 2 aromatic rings. The van der Waals surface area contributed by atoms with Gasteiger partial charge in [-0.25, -0.2) is 0 Å². The maximum atomic E-state index is 11.0. The van der Waals surface area contributed by atoms with E-state index in [0.29, 0.717) is 11.1 Å². The predicted molar refractivity (Wildman–Crippen MR) is 132 cm³/mol. The van der Waals surface area contributed by atoms with Crippen LogP contribution in [0.25, 0.3) is 6.08 Å². The molecule has 0 radical (unpaired) electrons. The van der Waals surface area contributed by atoms with Crippen LogP contribution in [0.4, 0.5) is 0 Å². The van der Waals surface area contributed by atoms with Crippen LogP contribution in [0.15, 0.2) is 36.4 Å². The summed E-state index contributed by atoms with van der Waals surface area (Å²) in [6.07, 6.45) is -3.76. The topological polar surface area (TPSA) is 179 Å². The summed E-state index contributed by atoms with van der Waals surface area (Å²) in [5.74, 6) is -0.306. The smallest absolute Gasteiger partial charge is 0.186 e.